The van der Waals surface area contributed by atoms with Crippen LogP contribution in [0.1, 0.15) is 32.6 Å². The van der Waals surface area contributed by atoms with Crippen molar-refractivity contribution in [3.8, 4) is 0 Å². The Balaban J connectivity index is 1.70. The van der Waals surface area contributed by atoms with Crippen LogP contribution in [-0.4, -0.2) is 31.7 Å². The van der Waals surface area contributed by atoms with E-state index in [2.05, 4.69) is 12.2 Å². The van der Waals surface area contributed by atoms with Gasteiger partial charge in [0.2, 0.25) is 5.91 Å². The Labute approximate surface area is 103 Å². The van der Waals surface area contributed by atoms with Gasteiger partial charge in [-0.15, -0.1) is 0 Å². The lowest BCUT2D eigenvalue weighted by Gasteiger charge is -2.28. The summed E-state index contributed by atoms with van der Waals surface area (Å²) < 4.78 is 5.13. The highest BCUT2D eigenvalue weighted by molar-refractivity contribution is 5.77. The monoisotopic (exact) mass is 240 g/mol. The maximum atomic E-state index is 11.6. The Morgan fingerprint density at radius 2 is 2.29 bits per heavy atom. The molecule has 98 valence electrons. The summed E-state index contributed by atoms with van der Waals surface area (Å²) in [5, 5.41) is 3.06. The molecule has 0 heterocycles. The van der Waals surface area contributed by atoms with Crippen LogP contribution in [-0.2, 0) is 9.53 Å². The Bertz CT molecular complexity index is 270. The fourth-order valence-corrected chi connectivity index (χ4v) is 3.56. The van der Waals surface area contributed by atoms with Gasteiger partial charge < -0.3 is 15.8 Å². The number of hydrogen-bond donors (Lipinski definition) is 2. The van der Waals surface area contributed by atoms with Gasteiger partial charge in [0.25, 0.3) is 0 Å². The topological polar surface area (TPSA) is 64.3 Å². The molecule has 0 radical (unpaired) electrons. The van der Waals surface area contributed by atoms with Crippen LogP contribution >= 0.6 is 0 Å². The number of carbonyl (C=O) groups is 1. The quantitative estimate of drug-likeness (QED) is 0.678. The molecule has 0 aromatic heterocycles. The second kappa shape index (κ2) is 5.83. The van der Waals surface area contributed by atoms with Crippen molar-refractivity contribution in [2.45, 2.75) is 38.6 Å². The predicted octanol–water partition coefficient (Wildman–Crippen LogP) is 0.903. The number of ether oxygens (including phenoxy) is 1. The Morgan fingerprint density at radius 3 is 2.88 bits per heavy atom. The van der Waals surface area contributed by atoms with Gasteiger partial charge >= 0.3 is 0 Å². The molecule has 0 aliphatic heterocycles. The molecule has 4 atom stereocenters. The SMILES string of the molecule is CC(NC(=O)COCCN)C1CC2CCC1C2. The zero-order valence-corrected chi connectivity index (χ0v) is 10.7. The third-order valence-corrected chi connectivity index (χ3v) is 4.32. The summed E-state index contributed by atoms with van der Waals surface area (Å²) in [5.41, 5.74) is 5.30. The van der Waals surface area contributed by atoms with Crippen LogP contribution in [0.4, 0.5) is 0 Å². The van der Waals surface area contributed by atoms with Crippen molar-refractivity contribution in [1.29, 1.82) is 0 Å². The largest absolute Gasteiger partial charge is 0.370 e. The summed E-state index contributed by atoms with van der Waals surface area (Å²) in [6.07, 6.45) is 5.45. The first-order chi connectivity index (χ1) is 8.20. The Kier molecular flexibility index (Phi) is 4.40. The third-order valence-electron chi connectivity index (χ3n) is 4.32. The fourth-order valence-electron chi connectivity index (χ4n) is 3.56. The van der Waals surface area contributed by atoms with Crippen LogP contribution in [0.15, 0.2) is 0 Å². The number of nitrogens with two attached hydrogens (primary N) is 1. The fraction of sp³-hybridized carbons (Fsp3) is 0.923. The molecule has 4 nitrogen and oxygen atoms in total. The molecule has 2 fully saturated rings. The maximum absolute atomic E-state index is 11.6. The smallest absolute Gasteiger partial charge is 0.246 e. The number of fused-ring (bicyclic) bond motifs is 2. The van der Waals surface area contributed by atoms with Crippen molar-refractivity contribution in [3.05, 3.63) is 0 Å². The summed E-state index contributed by atoms with van der Waals surface area (Å²) in [6.45, 7) is 3.19. The lowest BCUT2D eigenvalue weighted by molar-refractivity contribution is -0.126. The maximum Gasteiger partial charge on any atom is 0.246 e. The highest BCUT2D eigenvalue weighted by atomic mass is 16.5. The van der Waals surface area contributed by atoms with Crippen LogP contribution in [0.25, 0.3) is 0 Å². The van der Waals surface area contributed by atoms with Gasteiger partial charge in [-0.05, 0) is 43.9 Å². The van der Waals surface area contributed by atoms with Gasteiger partial charge in [0.05, 0.1) is 6.61 Å². The van der Waals surface area contributed by atoms with E-state index in [1.807, 2.05) is 0 Å². The highest BCUT2D eigenvalue weighted by Gasteiger charge is 2.42. The molecule has 3 N–H and O–H groups in total. The molecule has 2 saturated carbocycles. The summed E-state index contributed by atoms with van der Waals surface area (Å²) in [7, 11) is 0. The zero-order valence-electron chi connectivity index (χ0n) is 10.7. The van der Waals surface area contributed by atoms with Crippen molar-refractivity contribution in [2.75, 3.05) is 19.8 Å². The minimum atomic E-state index is -0.00581. The molecule has 0 saturated heterocycles. The highest BCUT2D eigenvalue weighted by Crippen LogP contribution is 2.49. The van der Waals surface area contributed by atoms with Crippen molar-refractivity contribution in [2.24, 2.45) is 23.5 Å². The van der Waals surface area contributed by atoms with E-state index in [9.17, 15) is 4.79 Å². The Hall–Kier alpha value is -0.610. The van der Waals surface area contributed by atoms with Crippen molar-refractivity contribution < 1.29 is 9.53 Å². The minimum Gasteiger partial charge on any atom is -0.370 e. The average molecular weight is 240 g/mol. The third kappa shape index (κ3) is 3.19. The van der Waals surface area contributed by atoms with Gasteiger partial charge in [0, 0.05) is 12.6 Å². The second-order valence-electron chi connectivity index (χ2n) is 5.54. The first kappa shape index (κ1) is 12.8. The van der Waals surface area contributed by atoms with Gasteiger partial charge in [-0.25, -0.2) is 0 Å². The molecule has 4 heteroatoms. The lowest BCUT2D eigenvalue weighted by Crippen LogP contribution is -2.41. The van der Waals surface area contributed by atoms with Crippen LogP contribution in [0, 0.1) is 17.8 Å². The minimum absolute atomic E-state index is 0.00581. The van der Waals surface area contributed by atoms with E-state index in [1.165, 1.54) is 25.7 Å². The van der Waals surface area contributed by atoms with Crippen molar-refractivity contribution in [3.63, 3.8) is 0 Å². The summed E-state index contributed by atoms with van der Waals surface area (Å²) in [4.78, 5) is 11.6. The van der Waals surface area contributed by atoms with Crippen LogP contribution in [0.5, 0.6) is 0 Å². The van der Waals surface area contributed by atoms with E-state index in [0.29, 0.717) is 25.1 Å². The number of hydrogen-bond acceptors (Lipinski definition) is 3. The molecule has 1 amide bonds. The molecule has 2 bridgehead atoms. The average Bonchev–Trinajstić information content (AvgIpc) is 2.91. The van der Waals surface area contributed by atoms with Gasteiger partial charge in [0.15, 0.2) is 0 Å². The number of nitrogens with one attached hydrogen (secondary N) is 1. The molecule has 4 unspecified atom stereocenters. The first-order valence-corrected chi connectivity index (χ1v) is 6.78. The summed E-state index contributed by atoms with van der Waals surface area (Å²) >= 11 is 0. The molecule has 0 aromatic rings. The summed E-state index contributed by atoms with van der Waals surface area (Å²) in [6, 6.07) is 0.291. The van der Waals surface area contributed by atoms with Crippen LogP contribution < -0.4 is 11.1 Å². The number of amides is 1. The molecule has 2 aliphatic carbocycles. The zero-order chi connectivity index (χ0) is 12.3. The molecular formula is C13H24N2O2. The molecule has 0 spiro atoms. The van der Waals surface area contributed by atoms with Crippen molar-refractivity contribution in [1.82, 2.24) is 5.32 Å². The van der Waals surface area contributed by atoms with E-state index < -0.39 is 0 Å². The molecule has 0 aromatic carbocycles. The van der Waals surface area contributed by atoms with E-state index in [-0.39, 0.29) is 12.5 Å². The normalized spacial score (nSPS) is 32.7. The van der Waals surface area contributed by atoms with E-state index >= 15 is 0 Å². The molecule has 2 rings (SSSR count). The first-order valence-electron chi connectivity index (χ1n) is 6.78. The van der Waals surface area contributed by atoms with E-state index in [1.54, 1.807) is 0 Å². The van der Waals surface area contributed by atoms with Gasteiger partial charge in [0.1, 0.15) is 6.61 Å². The predicted molar refractivity (Wildman–Crippen MR) is 66.4 cm³/mol. The standard InChI is InChI=1S/C13H24N2O2/c1-9(15-13(16)8-17-5-4-14)12-7-10-2-3-11(12)6-10/h9-12H,2-8,14H2,1H3,(H,15,16). The Morgan fingerprint density at radius 1 is 1.47 bits per heavy atom. The summed E-state index contributed by atoms with van der Waals surface area (Å²) in [5.74, 6) is 2.46. The van der Waals surface area contributed by atoms with Crippen LogP contribution in [0.2, 0.25) is 0 Å². The molecular weight excluding hydrogens is 216 g/mol. The molecule has 2 aliphatic rings. The second-order valence-corrected chi connectivity index (χ2v) is 5.54. The van der Waals surface area contributed by atoms with E-state index in [4.69, 9.17) is 10.5 Å². The number of carbonyl (C=O) groups excluding carboxylic acids is 1. The number of rotatable bonds is 6. The van der Waals surface area contributed by atoms with Gasteiger partial charge in [-0.3, -0.25) is 4.79 Å². The van der Waals surface area contributed by atoms with Crippen molar-refractivity contribution >= 4 is 5.91 Å². The van der Waals surface area contributed by atoms with Gasteiger partial charge in [-0.1, -0.05) is 6.42 Å². The van der Waals surface area contributed by atoms with Gasteiger partial charge in [-0.2, -0.15) is 0 Å². The van der Waals surface area contributed by atoms with Crippen LogP contribution in [0.3, 0.4) is 0 Å². The molecule has 17 heavy (non-hydrogen) atoms. The lowest BCUT2D eigenvalue weighted by atomic mass is 9.84. The van der Waals surface area contributed by atoms with E-state index in [0.717, 1.165) is 11.8 Å².